The summed E-state index contributed by atoms with van der Waals surface area (Å²) in [6.45, 7) is 10.6. The number of pyridine rings is 2. The Balaban J connectivity index is 0.000000370. The van der Waals surface area contributed by atoms with Crippen LogP contribution in [0.1, 0.15) is 43.0 Å². The third-order valence-corrected chi connectivity index (χ3v) is 10.7. The van der Waals surface area contributed by atoms with Crippen LogP contribution in [-0.2, 0) is 34.2 Å². The standard InChI is InChI=1S/C34H33N2O3S.C8H10O3S/c1-34(2,3)39-30-8-14-33(15-9-30)40(31-10-4-28(5-11-31)37-24-26-16-20-35-21-17-26)32-12-6-29(7-13-32)38-25-27-18-22-36-23-19-27;1-6-3-4-8(7(2)5-6)12(9,10)11/h4-23H,24-25H2,1-3H3;3-5H,1-2H3,(H,9,10,11)/q+1;/p-1. The number of aryl methyl sites for hydroxylation is 2. The van der Waals surface area contributed by atoms with Gasteiger partial charge in [0.2, 0.25) is 0 Å². The average Bonchev–Trinajstić information content (AvgIpc) is 3.12. The zero-order valence-corrected chi connectivity index (χ0v) is 31.5. The SMILES string of the molecule is CC(C)(C)Oc1ccc([S+](c2ccc(OCc3ccncc3)cc2)c2ccc(OCc3ccncc3)cc2)cc1.Cc1ccc(S(=O)(=O)[O-])c(C)c1. The molecule has 0 aliphatic carbocycles. The molecular formula is C42H42N2O6S2. The summed E-state index contributed by atoms with van der Waals surface area (Å²) in [5.74, 6) is 2.52. The summed E-state index contributed by atoms with van der Waals surface area (Å²) >= 11 is 0. The van der Waals surface area contributed by atoms with Crippen LogP contribution in [-0.4, -0.2) is 28.5 Å². The first-order chi connectivity index (χ1) is 24.8. The van der Waals surface area contributed by atoms with Gasteiger partial charge in [0.1, 0.15) is 46.2 Å². The zero-order valence-electron chi connectivity index (χ0n) is 29.9. The van der Waals surface area contributed by atoms with Gasteiger partial charge in [0.15, 0.2) is 14.7 Å². The van der Waals surface area contributed by atoms with E-state index in [4.69, 9.17) is 14.2 Å². The number of nitrogens with zero attached hydrogens (tertiary/aromatic N) is 2. The molecule has 4 aromatic carbocycles. The summed E-state index contributed by atoms with van der Waals surface area (Å²) < 4.78 is 49.9. The molecule has 8 nitrogen and oxygen atoms in total. The molecule has 268 valence electrons. The second-order valence-corrected chi connectivity index (χ2v) is 16.3. The molecule has 0 N–H and O–H groups in total. The average molecular weight is 735 g/mol. The normalized spacial score (nSPS) is 11.4. The van der Waals surface area contributed by atoms with Crippen molar-refractivity contribution in [2.45, 2.75) is 73.0 Å². The van der Waals surface area contributed by atoms with E-state index in [1.807, 2.05) is 55.5 Å². The maximum atomic E-state index is 10.6. The monoisotopic (exact) mass is 734 g/mol. The van der Waals surface area contributed by atoms with Crippen molar-refractivity contribution in [3.05, 3.63) is 162 Å². The molecule has 2 heterocycles. The Bertz CT molecular complexity index is 2030. The van der Waals surface area contributed by atoms with Crippen molar-refractivity contribution < 1.29 is 27.2 Å². The summed E-state index contributed by atoms with van der Waals surface area (Å²) in [7, 11) is -4.63. The molecule has 0 aliphatic rings. The van der Waals surface area contributed by atoms with Crippen LogP contribution in [0.25, 0.3) is 0 Å². The van der Waals surface area contributed by atoms with Gasteiger partial charge in [-0.2, -0.15) is 0 Å². The van der Waals surface area contributed by atoms with Crippen LogP contribution < -0.4 is 14.2 Å². The van der Waals surface area contributed by atoms with E-state index in [0.717, 1.165) is 33.9 Å². The topological polar surface area (TPSA) is 111 Å². The molecule has 0 radical (unpaired) electrons. The molecule has 0 atom stereocenters. The van der Waals surface area contributed by atoms with Gasteiger partial charge in [0, 0.05) is 24.8 Å². The first-order valence-electron chi connectivity index (χ1n) is 16.6. The second-order valence-electron chi connectivity index (χ2n) is 12.9. The lowest BCUT2D eigenvalue weighted by Crippen LogP contribution is -2.22. The maximum Gasteiger partial charge on any atom is 0.166 e. The Morgan fingerprint density at radius 2 is 1.00 bits per heavy atom. The van der Waals surface area contributed by atoms with E-state index in [9.17, 15) is 13.0 Å². The minimum atomic E-state index is -4.30. The van der Waals surface area contributed by atoms with Gasteiger partial charge in [-0.05, 0) is 154 Å². The summed E-state index contributed by atoms with van der Waals surface area (Å²) in [5.41, 5.74) is 3.37. The van der Waals surface area contributed by atoms with Gasteiger partial charge in [-0.3, -0.25) is 9.97 Å². The first-order valence-corrected chi connectivity index (χ1v) is 19.3. The fraction of sp³-hybridized carbons (Fsp3) is 0.190. The molecule has 0 aliphatic heterocycles. The van der Waals surface area contributed by atoms with E-state index in [-0.39, 0.29) is 21.4 Å². The van der Waals surface area contributed by atoms with Gasteiger partial charge < -0.3 is 18.8 Å². The van der Waals surface area contributed by atoms with E-state index in [2.05, 4.69) is 79.3 Å². The Morgan fingerprint density at radius 1 is 0.596 bits per heavy atom. The first kappa shape index (κ1) is 38.1. The molecule has 10 heteroatoms. The van der Waals surface area contributed by atoms with E-state index >= 15 is 0 Å². The summed E-state index contributed by atoms with van der Waals surface area (Å²) in [5, 5.41) is 0. The molecule has 6 aromatic rings. The van der Waals surface area contributed by atoms with Crippen LogP contribution in [0.5, 0.6) is 17.2 Å². The van der Waals surface area contributed by atoms with Gasteiger partial charge in [-0.1, -0.05) is 17.7 Å². The Hall–Kier alpha value is -5.16. The fourth-order valence-electron chi connectivity index (χ4n) is 5.12. The predicted octanol–water partition coefficient (Wildman–Crippen LogP) is 9.11. The predicted molar refractivity (Wildman–Crippen MR) is 203 cm³/mol. The van der Waals surface area contributed by atoms with Crippen molar-refractivity contribution in [1.29, 1.82) is 0 Å². The number of ether oxygens (including phenoxy) is 3. The fourth-order valence-corrected chi connectivity index (χ4v) is 7.85. The van der Waals surface area contributed by atoms with Crippen LogP contribution in [0.4, 0.5) is 0 Å². The molecule has 0 unspecified atom stereocenters. The largest absolute Gasteiger partial charge is 0.744 e. The summed E-state index contributed by atoms with van der Waals surface area (Å²) in [4.78, 5) is 11.6. The zero-order chi connectivity index (χ0) is 37.1. The minimum absolute atomic E-state index is 0.131. The molecule has 2 aromatic heterocycles. The molecule has 6 rings (SSSR count). The van der Waals surface area contributed by atoms with Crippen LogP contribution in [0, 0.1) is 13.8 Å². The highest BCUT2D eigenvalue weighted by atomic mass is 32.2. The maximum absolute atomic E-state index is 10.6. The van der Waals surface area contributed by atoms with Gasteiger partial charge in [0.25, 0.3) is 0 Å². The Labute approximate surface area is 309 Å². The number of aromatic nitrogens is 2. The van der Waals surface area contributed by atoms with E-state index in [1.165, 1.54) is 20.8 Å². The van der Waals surface area contributed by atoms with Crippen LogP contribution in [0.2, 0.25) is 0 Å². The number of hydrogen-bond donors (Lipinski definition) is 0. The highest BCUT2D eigenvalue weighted by Crippen LogP contribution is 2.34. The molecule has 0 fully saturated rings. The third-order valence-electron chi connectivity index (χ3n) is 7.51. The number of benzene rings is 4. The molecule has 0 bridgehead atoms. The van der Waals surface area contributed by atoms with Gasteiger partial charge in [0.05, 0.1) is 15.8 Å². The Morgan fingerprint density at radius 3 is 1.37 bits per heavy atom. The molecule has 0 amide bonds. The molecule has 0 saturated heterocycles. The van der Waals surface area contributed by atoms with Gasteiger partial charge in [-0.25, -0.2) is 8.42 Å². The lowest BCUT2D eigenvalue weighted by molar-refractivity contribution is 0.131. The minimum Gasteiger partial charge on any atom is -0.744 e. The Kier molecular flexibility index (Phi) is 12.7. The van der Waals surface area contributed by atoms with Gasteiger partial charge >= 0.3 is 0 Å². The van der Waals surface area contributed by atoms with Crippen molar-refractivity contribution in [3.63, 3.8) is 0 Å². The number of hydrogen-bond acceptors (Lipinski definition) is 8. The highest BCUT2D eigenvalue weighted by molar-refractivity contribution is 7.97. The van der Waals surface area contributed by atoms with Gasteiger partial charge in [-0.15, -0.1) is 0 Å². The molecular weight excluding hydrogens is 693 g/mol. The lowest BCUT2D eigenvalue weighted by Gasteiger charge is -2.21. The van der Waals surface area contributed by atoms with E-state index in [0.29, 0.717) is 18.8 Å². The van der Waals surface area contributed by atoms with Crippen LogP contribution in [0.15, 0.2) is 160 Å². The molecule has 0 saturated carbocycles. The molecule has 52 heavy (non-hydrogen) atoms. The summed E-state index contributed by atoms with van der Waals surface area (Å²) in [6.07, 6.45) is 7.11. The number of rotatable bonds is 11. The second kappa shape index (κ2) is 17.4. The summed E-state index contributed by atoms with van der Waals surface area (Å²) in [6, 6.07) is 37.7. The highest BCUT2D eigenvalue weighted by Gasteiger charge is 2.29. The van der Waals surface area contributed by atoms with E-state index < -0.39 is 10.1 Å². The van der Waals surface area contributed by atoms with Crippen molar-refractivity contribution in [2.24, 2.45) is 0 Å². The lowest BCUT2D eigenvalue weighted by atomic mass is 10.2. The van der Waals surface area contributed by atoms with Crippen LogP contribution in [0.3, 0.4) is 0 Å². The molecule has 0 spiro atoms. The van der Waals surface area contributed by atoms with Crippen molar-refractivity contribution >= 4 is 21.0 Å². The smallest absolute Gasteiger partial charge is 0.166 e. The van der Waals surface area contributed by atoms with Crippen molar-refractivity contribution in [3.8, 4) is 17.2 Å². The third kappa shape index (κ3) is 11.4. The van der Waals surface area contributed by atoms with E-state index in [1.54, 1.807) is 43.8 Å². The van der Waals surface area contributed by atoms with Crippen molar-refractivity contribution in [1.82, 2.24) is 9.97 Å². The van der Waals surface area contributed by atoms with Crippen molar-refractivity contribution in [2.75, 3.05) is 0 Å². The quantitative estimate of drug-likeness (QED) is 0.0958. The van der Waals surface area contributed by atoms with Crippen LogP contribution >= 0.6 is 0 Å².